The number of imidazole rings is 1. The molecule has 30 heavy (non-hydrogen) atoms. The van der Waals surface area contributed by atoms with Crippen molar-refractivity contribution in [2.45, 2.75) is 19.5 Å². The summed E-state index contributed by atoms with van der Waals surface area (Å²) in [6, 6.07) is 26.1. The van der Waals surface area contributed by atoms with E-state index in [0.29, 0.717) is 0 Å². The number of nitrogens with zero attached hydrogens (tertiary/aromatic N) is 3. The number of rotatable bonds is 9. The van der Waals surface area contributed by atoms with Gasteiger partial charge in [-0.2, -0.15) is 0 Å². The Morgan fingerprint density at radius 1 is 0.767 bits per heavy atom. The highest BCUT2D eigenvalue weighted by Crippen LogP contribution is 2.24. The van der Waals surface area contributed by atoms with E-state index in [9.17, 15) is 0 Å². The predicted molar refractivity (Wildman–Crippen MR) is 125 cm³/mol. The van der Waals surface area contributed by atoms with Gasteiger partial charge >= 0.3 is 0 Å². The van der Waals surface area contributed by atoms with Crippen molar-refractivity contribution in [2.24, 2.45) is 0 Å². The van der Waals surface area contributed by atoms with Crippen LogP contribution in [0.3, 0.4) is 0 Å². The van der Waals surface area contributed by atoms with Crippen LogP contribution in [0.15, 0.2) is 79.1 Å². The predicted octanol–water partition coefficient (Wildman–Crippen LogP) is 5.18. The van der Waals surface area contributed by atoms with Crippen LogP contribution in [0.2, 0.25) is 0 Å². The van der Waals surface area contributed by atoms with Crippen molar-refractivity contribution in [3.05, 3.63) is 90.3 Å². The molecule has 4 aromatic rings. The molecule has 3 aromatic carbocycles. The molecule has 0 aliphatic heterocycles. The van der Waals surface area contributed by atoms with Crippen molar-refractivity contribution in [3.63, 3.8) is 0 Å². The van der Waals surface area contributed by atoms with E-state index in [4.69, 9.17) is 0 Å². The van der Waals surface area contributed by atoms with Crippen molar-refractivity contribution in [1.82, 2.24) is 19.8 Å². The highest BCUT2D eigenvalue weighted by Gasteiger charge is 2.09. The minimum atomic E-state index is 0.947. The van der Waals surface area contributed by atoms with Crippen LogP contribution in [-0.2, 0) is 13.1 Å². The number of fused-ring (bicyclic) bond motifs is 1. The van der Waals surface area contributed by atoms with Crippen LogP contribution < -0.4 is 0 Å². The highest BCUT2D eigenvalue weighted by atomic mass is 15.1. The van der Waals surface area contributed by atoms with E-state index in [0.717, 1.165) is 43.6 Å². The quantitative estimate of drug-likeness (QED) is 0.422. The van der Waals surface area contributed by atoms with Crippen LogP contribution in [-0.4, -0.2) is 47.0 Å². The molecule has 0 saturated carbocycles. The standard InChI is InChI=1S/C26H30N4/c1-29(2)14-7-15-30(18-21-8-4-3-5-9-21)19-22-10-6-11-23(16-22)24-12-13-25-26(17-24)28-20-27-25/h3-6,8-13,16-17,20H,7,14-15,18-19H2,1-2H3,(H,27,28). The van der Waals surface area contributed by atoms with Gasteiger partial charge in [0.25, 0.3) is 0 Å². The third kappa shape index (κ3) is 5.35. The third-order valence-corrected chi connectivity index (χ3v) is 5.42. The van der Waals surface area contributed by atoms with Gasteiger partial charge in [0.1, 0.15) is 0 Å². The number of nitrogens with one attached hydrogen (secondary N) is 1. The second-order valence-corrected chi connectivity index (χ2v) is 8.19. The van der Waals surface area contributed by atoms with Crippen LogP contribution in [0.4, 0.5) is 0 Å². The average Bonchev–Trinajstić information content (AvgIpc) is 3.22. The van der Waals surface area contributed by atoms with E-state index in [1.165, 1.54) is 22.3 Å². The number of aromatic amines is 1. The second kappa shape index (κ2) is 9.70. The molecule has 0 atom stereocenters. The molecule has 1 heterocycles. The Kier molecular flexibility index (Phi) is 6.57. The molecule has 0 radical (unpaired) electrons. The molecule has 1 aromatic heterocycles. The minimum absolute atomic E-state index is 0.947. The summed E-state index contributed by atoms with van der Waals surface area (Å²) in [7, 11) is 4.28. The zero-order valence-corrected chi connectivity index (χ0v) is 17.9. The fourth-order valence-electron chi connectivity index (χ4n) is 3.89. The molecule has 0 aliphatic rings. The first-order chi connectivity index (χ1) is 14.7. The molecule has 0 fully saturated rings. The second-order valence-electron chi connectivity index (χ2n) is 8.19. The maximum atomic E-state index is 4.33. The van der Waals surface area contributed by atoms with Crippen LogP contribution in [0.25, 0.3) is 22.2 Å². The van der Waals surface area contributed by atoms with Crippen molar-refractivity contribution >= 4 is 11.0 Å². The summed E-state index contributed by atoms with van der Waals surface area (Å²) in [6.45, 7) is 4.11. The van der Waals surface area contributed by atoms with E-state index in [2.05, 4.69) is 107 Å². The van der Waals surface area contributed by atoms with Gasteiger partial charge in [-0.25, -0.2) is 4.98 Å². The number of hydrogen-bond donors (Lipinski definition) is 1. The first-order valence-electron chi connectivity index (χ1n) is 10.6. The summed E-state index contributed by atoms with van der Waals surface area (Å²) < 4.78 is 0. The Morgan fingerprint density at radius 3 is 2.37 bits per heavy atom. The van der Waals surface area contributed by atoms with Gasteiger partial charge in [-0.3, -0.25) is 4.90 Å². The molecular formula is C26H30N4. The third-order valence-electron chi connectivity index (χ3n) is 5.42. The van der Waals surface area contributed by atoms with Crippen LogP contribution >= 0.6 is 0 Å². The Labute approximate surface area is 179 Å². The smallest absolute Gasteiger partial charge is 0.0931 e. The number of aromatic nitrogens is 2. The fourth-order valence-corrected chi connectivity index (χ4v) is 3.89. The van der Waals surface area contributed by atoms with Crippen molar-refractivity contribution < 1.29 is 0 Å². The monoisotopic (exact) mass is 398 g/mol. The number of benzene rings is 3. The molecule has 0 spiro atoms. The first kappa shape index (κ1) is 20.3. The molecule has 0 unspecified atom stereocenters. The molecule has 0 amide bonds. The van der Waals surface area contributed by atoms with Crippen molar-refractivity contribution in [3.8, 4) is 11.1 Å². The Morgan fingerprint density at radius 2 is 1.53 bits per heavy atom. The lowest BCUT2D eigenvalue weighted by atomic mass is 10.0. The zero-order valence-electron chi connectivity index (χ0n) is 17.9. The molecule has 0 bridgehead atoms. The Bertz CT molecular complexity index is 1070. The number of H-pyrrole nitrogens is 1. The summed E-state index contributed by atoms with van der Waals surface area (Å²) in [5.41, 5.74) is 7.26. The van der Waals surface area contributed by atoms with Crippen LogP contribution in [0.1, 0.15) is 17.5 Å². The summed E-state index contributed by atoms with van der Waals surface area (Å²) in [4.78, 5) is 12.3. The van der Waals surface area contributed by atoms with Gasteiger partial charge in [0.05, 0.1) is 17.4 Å². The highest BCUT2D eigenvalue weighted by molar-refractivity contribution is 5.81. The molecule has 0 aliphatic carbocycles. The van der Waals surface area contributed by atoms with Gasteiger partial charge in [-0.15, -0.1) is 0 Å². The summed E-state index contributed by atoms with van der Waals surface area (Å²) in [6.07, 6.45) is 2.91. The maximum Gasteiger partial charge on any atom is 0.0931 e. The van der Waals surface area contributed by atoms with Gasteiger partial charge in [-0.05, 0) is 67.5 Å². The van der Waals surface area contributed by atoms with Gasteiger partial charge in [-0.1, -0.05) is 54.6 Å². The average molecular weight is 399 g/mol. The molecule has 0 saturated heterocycles. The summed E-state index contributed by atoms with van der Waals surface area (Å²) in [5.74, 6) is 0. The number of hydrogen-bond acceptors (Lipinski definition) is 3. The minimum Gasteiger partial charge on any atom is -0.345 e. The molecule has 154 valence electrons. The molecule has 4 rings (SSSR count). The zero-order chi connectivity index (χ0) is 20.8. The first-order valence-corrected chi connectivity index (χ1v) is 10.6. The van der Waals surface area contributed by atoms with E-state index < -0.39 is 0 Å². The van der Waals surface area contributed by atoms with Crippen LogP contribution in [0.5, 0.6) is 0 Å². The lowest BCUT2D eigenvalue weighted by molar-refractivity contribution is 0.240. The van der Waals surface area contributed by atoms with Gasteiger partial charge in [0.2, 0.25) is 0 Å². The Hall–Kier alpha value is -2.95. The lowest BCUT2D eigenvalue weighted by Gasteiger charge is -2.24. The van der Waals surface area contributed by atoms with Gasteiger partial charge in [0, 0.05) is 19.6 Å². The topological polar surface area (TPSA) is 35.2 Å². The Balaban J connectivity index is 1.51. The summed E-state index contributed by atoms with van der Waals surface area (Å²) in [5, 5.41) is 0. The molecule has 4 heteroatoms. The SMILES string of the molecule is CN(C)CCCN(Cc1ccccc1)Cc1cccc(-c2ccc3nc[nH]c3c2)c1. The fraction of sp³-hybridized carbons (Fsp3) is 0.269. The molecule has 4 nitrogen and oxygen atoms in total. The summed E-state index contributed by atoms with van der Waals surface area (Å²) >= 11 is 0. The van der Waals surface area contributed by atoms with E-state index in [1.54, 1.807) is 6.33 Å². The van der Waals surface area contributed by atoms with E-state index >= 15 is 0 Å². The van der Waals surface area contributed by atoms with Gasteiger partial charge < -0.3 is 9.88 Å². The molecular weight excluding hydrogens is 368 g/mol. The lowest BCUT2D eigenvalue weighted by Crippen LogP contribution is -2.26. The van der Waals surface area contributed by atoms with Crippen molar-refractivity contribution in [1.29, 1.82) is 0 Å². The van der Waals surface area contributed by atoms with Crippen LogP contribution in [0, 0.1) is 0 Å². The normalized spacial score (nSPS) is 11.6. The molecule has 1 N–H and O–H groups in total. The van der Waals surface area contributed by atoms with E-state index in [1.807, 2.05) is 0 Å². The largest absolute Gasteiger partial charge is 0.345 e. The van der Waals surface area contributed by atoms with E-state index in [-0.39, 0.29) is 0 Å². The maximum absolute atomic E-state index is 4.33. The van der Waals surface area contributed by atoms with Crippen molar-refractivity contribution in [2.75, 3.05) is 27.2 Å². The van der Waals surface area contributed by atoms with Gasteiger partial charge in [0.15, 0.2) is 0 Å².